The van der Waals surface area contributed by atoms with Crippen molar-refractivity contribution < 1.29 is 0 Å². The maximum atomic E-state index is 4.57. The first-order valence-electron chi connectivity index (χ1n) is 7.17. The van der Waals surface area contributed by atoms with Gasteiger partial charge >= 0.3 is 0 Å². The summed E-state index contributed by atoms with van der Waals surface area (Å²) in [5, 5.41) is 7.95. The van der Waals surface area contributed by atoms with Crippen molar-refractivity contribution in [2.24, 2.45) is 0 Å². The van der Waals surface area contributed by atoms with Crippen LogP contribution < -0.4 is 5.32 Å². The zero-order valence-electron chi connectivity index (χ0n) is 12.3. The van der Waals surface area contributed by atoms with E-state index in [0.717, 1.165) is 23.4 Å². The van der Waals surface area contributed by atoms with E-state index in [-0.39, 0.29) is 0 Å². The van der Waals surface area contributed by atoms with E-state index in [2.05, 4.69) is 51.9 Å². The Kier molecular flexibility index (Phi) is 4.27. The minimum absolute atomic E-state index is 0.386. The van der Waals surface area contributed by atoms with E-state index in [1.165, 1.54) is 16.6 Å². The molecule has 3 nitrogen and oxygen atoms in total. The van der Waals surface area contributed by atoms with Crippen LogP contribution in [0.2, 0.25) is 0 Å². The van der Waals surface area contributed by atoms with Gasteiger partial charge in [-0.3, -0.25) is 4.98 Å². The van der Waals surface area contributed by atoms with Gasteiger partial charge in [0.2, 0.25) is 0 Å². The summed E-state index contributed by atoms with van der Waals surface area (Å²) in [6.07, 6.45) is 3.84. The average molecular weight is 297 g/mol. The molecule has 1 aromatic carbocycles. The summed E-state index contributed by atoms with van der Waals surface area (Å²) in [6, 6.07) is 10.8. The van der Waals surface area contributed by atoms with Gasteiger partial charge in [-0.2, -0.15) is 0 Å². The number of aromatic nitrogens is 2. The fraction of sp³-hybridized carbons (Fsp3) is 0.294. The number of likely N-dealkylation sites (N-methyl/N-ethyl adjacent to an activating group) is 1. The Morgan fingerprint density at radius 3 is 2.81 bits per heavy atom. The second-order valence-corrected chi connectivity index (χ2v) is 6.30. The van der Waals surface area contributed by atoms with Crippen LogP contribution in [0.4, 0.5) is 0 Å². The number of thiazole rings is 1. The highest BCUT2D eigenvalue weighted by atomic mass is 32.1. The second-order valence-electron chi connectivity index (χ2n) is 5.24. The molecule has 0 saturated heterocycles. The van der Waals surface area contributed by atoms with E-state index in [9.17, 15) is 0 Å². The Bertz CT molecular complexity index is 730. The fourth-order valence-corrected chi connectivity index (χ4v) is 3.25. The Morgan fingerprint density at radius 2 is 2.05 bits per heavy atom. The Morgan fingerprint density at radius 1 is 1.19 bits per heavy atom. The molecule has 0 aliphatic heterocycles. The van der Waals surface area contributed by atoms with E-state index >= 15 is 0 Å². The molecule has 2 heterocycles. The number of fused-ring (bicyclic) bond motifs is 1. The van der Waals surface area contributed by atoms with Crippen molar-refractivity contribution in [2.45, 2.75) is 25.8 Å². The molecule has 0 aliphatic carbocycles. The maximum absolute atomic E-state index is 4.57. The van der Waals surface area contributed by atoms with Crippen molar-refractivity contribution in [3.8, 4) is 0 Å². The lowest BCUT2D eigenvalue weighted by molar-refractivity contribution is 0.552. The summed E-state index contributed by atoms with van der Waals surface area (Å²) >= 11 is 1.72. The third-order valence-electron chi connectivity index (χ3n) is 3.74. The summed E-state index contributed by atoms with van der Waals surface area (Å²) in [7, 11) is 2.02. The normalized spacial score (nSPS) is 12.7. The van der Waals surface area contributed by atoms with Crippen molar-refractivity contribution in [1.29, 1.82) is 0 Å². The summed E-state index contributed by atoms with van der Waals surface area (Å²) in [6.45, 7) is 2.05. The predicted molar refractivity (Wildman–Crippen MR) is 88.8 cm³/mol. The van der Waals surface area contributed by atoms with Crippen molar-refractivity contribution in [1.82, 2.24) is 15.3 Å². The van der Waals surface area contributed by atoms with Gasteiger partial charge in [0.25, 0.3) is 0 Å². The molecule has 0 bridgehead atoms. The predicted octanol–water partition coefficient (Wildman–Crippen LogP) is 3.37. The van der Waals surface area contributed by atoms with Crippen LogP contribution in [0.3, 0.4) is 0 Å². The van der Waals surface area contributed by atoms with Gasteiger partial charge in [0, 0.05) is 29.4 Å². The molecule has 0 saturated carbocycles. The van der Waals surface area contributed by atoms with Crippen LogP contribution in [-0.4, -0.2) is 23.1 Å². The van der Waals surface area contributed by atoms with E-state index in [4.69, 9.17) is 0 Å². The molecule has 1 atom stereocenters. The lowest BCUT2D eigenvalue weighted by atomic mass is 9.99. The van der Waals surface area contributed by atoms with Crippen LogP contribution in [0, 0.1) is 6.92 Å². The van der Waals surface area contributed by atoms with Crippen molar-refractivity contribution in [3.63, 3.8) is 0 Å². The number of para-hydroxylation sites is 1. The monoisotopic (exact) mass is 297 g/mol. The molecular weight excluding hydrogens is 278 g/mol. The van der Waals surface area contributed by atoms with Crippen molar-refractivity contribution >= 4 is 22.2 Å². The van der Waals surface area contributed by atoms with Gasteiger partial charge in [-0.15, -0.1) is 11.3 Å². The molecule has 108 valence electrons. The molecular formula is C17H19N3S. The van der Waals surface area contributed by atoms with Crippen LogP contribution in [-0.2, 0) is 12.8 Å². The number of pyridine rings is 1. The fourth-order valence-electron chi connectivity index (χ4n) is 2.63. The smallest absolute Gasteiger partial charge is 0.0897 e. The van der Waals surface area contributed by atoms with Gasteiger partial charge in [0.05, 0.1) is 16.2 Å². The molecule has 2 aromatic heterocycles. The number of rotatable bonds is 5. The molecule has 1 N–H and O–H groups in total. The topological polar surface area (TPSA) is 37.8 Å². The molecule has 0 aliphatic rings. The third kappa shape index (κ3) is 3.28. The van der Waals surface area contributed by atoms with Crippen molar-refractivity contribution in [3.05, 3.63) is 58.2 Å². The van der Waals surface area contributed by atoms with E-state index in [0.29, 0.717) is 6.04 Å². The van der Waals surface area contributed by atoms with Crippen LogP contribution in [0.5, 0.6) is 0 Å². The quantitative estimate of drug-likeness (QED) is 0.784. The molecule has 21 heavy (non-hydrogen) atoms. The van der Waals surface area contributed by atoms with Gasteiger partial charge < -0.3 is 5.32 Å². The van der Waals surface area contributed by atoms with Gasteiger partial charge in [-0.25, -0.2) is 4.98 Å². The summed E-state index contributed by atoms with van der Waals surface area (Å²) in [5.74, 6) is 0. The third-order valence-corrected chi connectivity index (χ3v) is 4.56. The van der Waals surface area contributed by atoms with Crippen LogP contribution in [0.1, 0.15) is 16.3 Å². The summed E-state index contributed by atoms with van der Waals surface area (Å²) in [5.41, 5.74) is 3.58. The first-order valence-corrected chi connectivity index (χ1v) is 8.05. The zero-order chi connectivity index (χ0) is 14.7. The maximum Gasteiger partial charge on any atom is 0.0897 e. The highest BCUT2D eigenvalue weighted by Crippen LogP contribution is 2.19. The largest absolute Gasteiger partial charge is 0.316 e. The van der Waals surface area contributed by atoms with Gasteiger partial charge in [-0.1, -0.05) is 18.2 Å². The molecule has 0 amide bonds. The Balaban J connectivity index is 1.82. The summed E-state index contributed by atoms with van der Waals surface area (Å²) < 4.78 is 0. The van der Waals surface area contributed by atoms with Gasteiger partial charge in [-0.05, 0) is 38.1 Å². The first kappa shape index (κ1) is 14.2. The minimum Gasteiger partial charge on any atom is -0.316 e. The molecule has 3 aromatic rings. The molecule has 0 spiro atoms. The number of hydrogen-bond donors (Lipinski definition) is 1. The highest BCUT2D eigenvalue weighted by Gasteiger charge is 2.12. The summed E-state index contributed by atoms with van der Waals surface area (Å²) in [4.78, 5) is 9.00. The number of hydrogen-bond acceptors (Lipinski definition) is 4. The first-order chi connectivity index (χ1) is 10.3. The van der Waals surface area contributed by atoms with E-state index in [1.807, 2.05) is 19.3 Å². The molecule has 0 fully saturated rings. The highest BCUT2D eigenvalue weighted by molar-refractivity contribution is 7.09. The van der Waals surface area contributed by atoms with Gasteiger partial charge in [0.15, 0.2) is 0 Å². The molecule has 1 unspecified atom stereocenters. The lowest BCUT2D eigenvalue weighted by Crippen LogP contribution is -2.30. The van der Waals surface area contributed by atoms with Gasteiger partial charge in [0.1, 0.15) is 0 Å². The van der Waals surface area contributed by atoms with Crippen LogP contribution in [0.15, 0.2) is 41.9 Å². The Labute approximate surface area is 129 Å². The van der Waals surface area contributed by atoms with E-state index in [1.54, 1.807) is 11.3 Å². The van der Waals surface area contributed by atoms with E-state index < -0.39 is 0 Å². The second kappa shape index (κ2) is 6.33. The molecule has 3 rings (SSSR count). The zero-order valence-corrected chi connectivity index (χ0v) is 13.2. The number of benzene rings is 1. The standard InChI is InChI=1S/C17H19N3S/c1-12-20-15(11-21-12)10-14(18-2)9-13-7-8-19-17-6-4-3-5-16(13)17/h3-8,11,14,18H,9-10H2,1-2H3. The minimum atomic E-state index is 0.386. The molecule has 4 heteroatoms. The number of nitrogens with one attached hydrogen (secondary N) is 1. The van der Waals surface area contributed by atoms with Crippen LogP contribution in [0.25, 0.3) is 10.9 Å². The van der Waals surface area contributed by atoms with Crippen LogP contribution >= 0.6 is 11.3 Å². The number of nitrogens with zero attached hydrogens (tertiary/aromatic N) is 2. The Hall–Kier alpha value is -1.78. The molecule has 0 radical (unpaired) electrons. The average Bonchev–Trinajstić information content (AvgIpc) is 2.92. The lowest BCUT2D eigenvalue weighted by Gasteiger charge is -2.16. The van der Waals surface area contributed by atoms with Crippen molar-refractivity contribution in [2.75, 3.05) is 7.05 Å². The number of aryl methyl sites for hydroxylation is 1. The SMILES string of the molecule is CNC(Cc1csc(C)n1)Cc1ccnc2ccccc12.